The second kappa shape index (κ2) is 15.4. The number of likely N-dealkylation sites (N-methyl/N-ethyl adjacent to an activating group) is 1. The number of carbonyl (C=O) groups is 3. The van der Waals surface area contributed by atoms with E-state index in [9.17, 15) is 27.6 Å². The first kappa shape index (κ1) is 39.9. The van der Waals surface area contributed by atoms with E-state index in [0.29, 0.717) is 38.9 Å². The molecule has 0 unspecified atom stereocenters. The largest absolute Gasteiger partial charge is 0.436 e. The molecule has 0 radical (unpaired) electrons. The number of urea groups is 1. The van der Waals surface area contributed by atoms with Gasteiger partial charge in [-0.3, -0.25) is 14.6 Å². The number of halogens is 4. The van der Waals surface area contributed by atoms with Crippen molar-refractivity contribution in [2.75, 3.05) is 63.9 Å². The molecule has 6 rings (SSSR count). The highest BCUT2D eigenvalue weighted by Crippen LogP contribution is 2.39. The number of fused-ring (bicyclic) bond motifs is 1. The van der Waals surface area contributed by atoms with Crippen LogP contribution in [0.5, 0.6) is 0 Å². The van der Waals surface area contributed by atoms with E-state index in [-0.39, 0.29) is 59.3 Å². The van der Waals surface area contributed by atoms with Gasteiger partial charge in [-0.25, -0.2) is 9.59 Å². The fourth-order valence-electron chi connectivity index (χ4n) is 8.71. The lowest BCUT2D eigenvalue weighted by Crippen LogP contribution is -2.69. The fraction of sp³-hybridized carbons (Fsp3) is 0.615. The Labute approximate surface area is 320 Å². The van der Waals surface area contributed by atoms with Crippen LogP contribution in [0.3, 0.4) is 0 Å². The predicted molar refractivity (Wildman–Crippen MR) is 202 cm³/mol. The van der Waals surface area contributed by atoms with Crippen LogP contribution in [-0.2, 0) is 28.5 Å². The zero-order chi connectivity index (χ0) is 39.2. The summed E-state index contributed by atoms with van der Waals surface area (Å²) in [6, 6.07) is 9.83. The molecule has 0 spiro atoms. The highest BCUT2D eigenvalue weighted by molar-refractivity contribution is 6.33. The van der Waals surface area contributed by atoms with Crippen molar-refractivity contribution in [1.29, 1.82) is 0 Å². The van der Waals surface area contributed by atoms with Crippen molar-refractivity contribution in [1.82, 2.24) is 24.5 Å². The van der Waals surface area contributed by atoms with Gasteiger partial charge in [0.05, 0.1) is 16.3 Å². The van der Waals surface area contributed by atoms with Crippen molar-refractivity contribution in [2.45, 2.75) is 102 Å². The molecule has 54 heavy (non-hydrogen) atoms. The number of nitrogen functional groups attached to an aromatic ring is 1. The Balaban J connectivity index is 1.13. The van der Waals surface area contributed by atoms with Crippen LogP contribution in [0, 0.1) is 0 Å². The van der Waals surface area contributed by atoms with Gasteiger partial charge >= 0.3 is 18.3 Å². The number of nitrogens with one attached hydrogen (secondary N) is 1. The van der Waals surface area contributed by atoms with Crippen LogP contribution in [0.2, 0.25) is 5.02 Å². The van der Waals surface area contributed by atoms with Crippen LogP contribution in [0.15, 0.2) is 36.4 Å². The molecule has 3 N–H and O–H groups in total. The molecule has 0 aromatic heterocycles. The number of nitrogens with two attached hydrogens (primary N) is 1. The second-order valence-corrected chi connectivity index (χ2v) is 16.9. The number of likely N-dealkylation sites (tertiary alicyclic amines) is 2. The number of ether oxygens (including phenoxy) is 1. The fourth-order valence-corrected chi connectivity index (χ4v) is 8.95. The molecular weight excluding hydrogens is 723 g/mol. The first-order chi connectivity index (χ1) is 25.3. The van der Waals surface area contributed by atoms with Gasteiger partial charge in [0, 0.05) is 81.1 Å². The zero-order valence-electron chi connectivity index (χ0n) is 31.8. The van der Waals surface area contributed by atoms with Gasteiger partial charge in [-0.1, -0.05) is 29.8 Å². The van der Waals surface area contributed by atoms with E-state index in [1.54, 1.807) is 4.90 Å². The van der Waals surface area contributed by atoms with E-state index < -0.39 is 35.5 Å². The number of benzene rings is 2. The number of hydrogen-bond acceptors (Lipinski definition) is 7. The Kier molecular flexibility index (Phi) is 11.4. The van der Waals surface area contributed by atoms with Gasteiger partial charge < -0.3 is 30.5 Å². The van der Waals surface area contributed by atoms with Gasteiger partial charge in [-0.2, -0.15) is 13.2 Å². The SMILES string of the molecule is CN1C(C)(C)CN(C2CCN(C(=O)[C@@H](Cc3cc(Cl)c(N)c(C(F)(F)F)c3)OC(=O)N3CCC(N4CCc5ccccc5NC4=O)CC3)CC2)CC1(C)C. The third-order valence-corrected chi connectivity index (χ3v) is 12.3. The molecule has 0 bridgehead atoms. The van der Waals surface area contributed by atoms with Crippen molar-refractivity contribution in [3.05, 3.63) is 58.1 Å². The van der Waals surface area contributed by atoms with E-state index in [1.165, 1.54) is 11.0 Å². The Bertz CT molecular complexity index is 1710. The molecule has 0 saturated carbocycles. The Morgan fingerprint density at radius 1 is 0.944 bits per heavy atom. The molecule has 1 atom stereocenters. The Hall–Kier alpha value is -3.75. The monoisotopic (exact) mass is 775 g/mol. The third-order valence-electron chi connectivity index (χ3n) is 12.0. The Morgan fingerprint density at radius 3 is 2.17 bits per heavy atom. The summed E-state index contributed by atoms with van der Waals surface area (Å²) in [5, 5.41) is 2.70. The van der Waals surface area contributed by atoms with E-state index in [0.717, 1.165) is 43.2 Å². The number of piperazine rings is 1. The summed E-state index contributed by atoms with van der Waals surface area (Å²) in [5.41, 5.74) is 5.84. The second-order valence-electron chi connectivity index (χ2n) is 16.5. The predicted octanol–water partition coefficient (Wildman–Crippen LogP) is 6.34. The highest BCUT2D eigenvalue weighted by atomic mass is 35.5. The summed E-state index contributed by atoms with van der Waals surface area (Å²) in [5.74, 6) is -0.460. The van der Waals surface area contributed by atoms with Crippen LogP contribution >= 0.6 is 11.6 Å². The van der Waals surface area contributed by atoms with Crippen molar-refractivity contribution in [3.63, 3.8) is 0 Å². The van der Waals surface area contributed by atoms with Crippen molar-refractivity contribution in [2.24, 2.45) is 0 Å². The van der Waals surface area contributed by atoms with E-state index in [4.69, 9.17) is 22.1 Å². The number of alkyl halides is 3. The molecule has 4 heterocycles. The highest BCUT2D eigenvalue weighted by Gasteiger charge is 2.45. The molecule has 4 aliphatic rings. The summed E-state index contributed by atoms with van der Waals surface area (Å²) in [4.78, 5) is 50.9. The van der Waals surface area contributed by atoms with E-state index >= 15 is 0 Å². The van der Waals surface area contributed by atoms with Gasteiger partial charge in [-0.05, 0) is 96.2 Å². The standard InChI is InChI=1S/C39H53ClF3N7O4/c1-37(2)23-49(24-38(3,4)46(37)5)27-11-15-47(16-12-27)34(51)32(22-25-20-29(39(41,42)43)33(44)30(40)21-25)54-36(53)48-17-13-28(14-18-48)50-19-10-26-8-6-7-9-31(26)45-35(50)52/h6-9,20-21,27-28,32H,10-19,22-24,44H2,1-5H3,(H,45,52)/t32-/m1/s1. The maximum Gasteiger partial charge on any atom is 0.418 e. The number of carbonyl (C=O) groups excluding carboxylic acids is 3. The zero-order valence-corrected chi connectivity index (χ0v) is 32.6. The molecule has 4 amide bonds. The summed E-state index contributed by atoms with van der Waals surface area (Å²) in [7, 11) is 2.15. The lowest BCUT2D eigenvalue weighted by Gasteiger charge is -2.57. The maximum atomic E-state index is 14.2. The van der Waals surface area contributed by atoms with Crippen LogP contribution in [0.1, 0.15) is 70.1 Å². The molecular formula is C39H53ClF3N7O4. The Morgan fingerprint density at radius 2 is 1.54 bits per heavy atom. The molecule has 15 heteroatoms. The van der Waals surface area contributed by atoms with Crippen LogP contribution in [-0.4, -0.2) is 125 Å². The number of anilines is 2. The van der Waals surface area contributed by atoms with Gasteiger partial charge in [0.2, 0.25) is 0 Å². The third kappa shape index (κ3) is 8.55. The molecule has 4 aliphatic heterocycles. The first-order valence-corrected chi connectivity index (χ1v) is 19.2. The van der Waals surface area contributed by atoms with Crippen molar-refractivity contribution >= 4 is 41.0 Å². The van der Waals surface area contributed by atoms with Gasteiger partial charge in [0.15, 0.2) is 6.10 Å². The quantitative estimate of drug-likeness (QED) is 0.330. The first-order valence-electron chi connectivity index (χ1n) is 18.9. The topological polar surface area (TPSA) is 115 Å². The minimum atomic E-state index is -4.77. The van der Waals surface area contributed by atoms with Gasteiger partial charge in [0.25, 0.3) is 5.91 Å². The van der Waals surface area contributed by atoms with Gasteiger partial charge in [-0.15, -0.1) is 0 Å². The van der Waals surface area contributed by atoms with Crippen LogP contribution in [0.25, 0.3) is 0 Å². The molecule has 2 aromatic carbocycles. The number of amides is 4. The summed E-state index contributed by atoms with van der Waals surface area (Å²) in [6.07, 6.45) is -4.04. The number of piperidine rings is 2. The summed E-state index contributed by atoms with van der Waals surface area (Å²) in [6.45, 7) is 12.7. The number of rotatable bonds is 6. The lowest BCUT2D eigenvalue weighted by atomic mass is 9.86. The van der Waals surface area contributed by atoms with Crippen LogP contribution in [0.4, 0.5) is 34.1 Å². The average molecular weight is 776 g/mol. The molecule has 3 saturated heterocycles. The van der Waals surface area contributed by atoms with E-state index in [2.05, 4.69) is 49.9 Å². The molecule has 296 valence electrons. The minimum Gasteiger partial charge on any atom is -0.436 e. The normalized spacial score (nSPS) is 22.3. The lowest BCUT2D eigenvalue weighted by molar-refractivity contribution is -0.143. The summed E-state index contributed by atoms with van der Waals surface area (Å²) < 4.78 is 47.6. The number of nitrogens with zero attached hydrogens (tertiary/aromatic N) is 5. The van der Waals surface area contributed by atoms with Crippen LogP contribution < -0.4 is 11.1 Å². The average Bonchev–Trinajstić information content (AvgIpc) is 3.28. The maximum absolute atomic E-state index is 14.2. The molecule has 3 fully saturated rings. The van der Waals surface area contributed by atoms with Crippen molar-refractivity contribution < 1.29 is 32.3 Å². The van der Waals surface area contributed by atoms with Gasteiger partial charge in [0.1, 0.15) is 0 Å². The molecule has 0 aliphatic carbocycles. The molecule has 11 nitrogen and oxygen atoms in total. The number of para-hydroxylation sites is 1. The molecule has 2 aromatic rings. The number of hydrogen-bond donors (Lipinski definition) is 2. The van der Waals surface area contributed by atoms with Crippen molar-refractivity contribution in [3.8, 4) is 0 Å². The van der Waals surface area contributed by atoms with E-state index in [1.807, 2.05) is 29.2 Å². The minimum absolute atomic E-state index is 0.0382. The smallest absolute Gasteiger partial charge is 0.418 e. The summed E-state index contributed by atoms with van der Waals surface area (Å²) >= 11 is 6.15.